The van der Waals surface area contributed by atoms with Gasteiger partial charge in [-0.05, 0) is 36.8 Å². The minimum absolute atomic E-state index is 0.0110. The Morgan fingerprint density at radius 1 is 1.18 bits per heavy atom. The van der Waals surface area contributed by atoms with E-state index in [1.165, 1.54) is 18.2 Å². The monoisotopic (exact) mass is 432 g/mol. The van der Waals surface area contributed by atoms with Gasteiger partial charge in [-0.25, -0.2) is 21.9 Å². The number of hydrogen-bond donors (Lipinski definition) is 2. The molecular weight excluding hydrogens is 414 g/mol. The fourth-order valence-electron chi connectivity index (χ4n) is 2.16. The highest BCUT2D eigenvalue weighted by Gasteiger charge is 2.16. The quantitative estimate of drug-likeness (QED) is 0.591. The highest BCUT2D eigenvalue weighted by molar-refractivity contribution is 7.89. The third-order valence-electron chi connectivity index (χ3n) is 3.60. The number of unbranched alkanes of at least 4 members (excludes halogenated alkanes) is 1. The Labute approximate surface area is 166 Å². The average molecular weight is 433 g/mol. The maximum Gasteiger partial charge on any atom is 0.262 e. The molecule has 0 saturated carbocycles. The van der Waals surface area contributed by atoms with Crippen LogP contribution in [-0.2, 0) is 14.8 Å². The summed E-state index contributed by atoms with van der Waals surface area (Å²) in [6.07, 6.45) is 1.55. The van der Waals surface area contributed by atoms with Crippen molar-refractivity contribution in [1.82, 2.24) is 4.72 Å². The van der Waals surface area contributed by atoms with E-state index in [-0.39, 0.29) is 21.4 Å². The number of hydrogen-bond acceptors (Lipinski definition) is 4. The van der Waals surface area contributed by atoms with Crippen LogP contribution < -0.4 is 14.8 Å². The summed E-state index contributed by atoms with van der Waals surface area (Å²) in [7, 11) is -3.70. The first-order valence-corrected chi connectivity index (χ1v) is 10.3. The minimum atomic E-state index is -3.70. The molecule has 0 spiro atoms. The van der Waals surface area contributed by atoms with Gasteiger partial charge in [0.2, 0.25) is 10.0 Å². The van der Waals surface area contributed by atoms with Gasteiger partial charge in [-0.1, -0.05) is 24.9 Å². The Balaban J connectivity index is 1.99. The van der Waals surface area contributed by atoms with Crippen LogP contribution in [0.15, 0.2) is 41.3 Å². The lowest BCUT2D eigenvalue weighted by Gasteiger charge is -2.11. The lowest BCUT2D eigenvalue weighted by Crippen LogP contribution is -2.24. The van der Waals surface area contributed by atoms with E-state index in [9.17, 15) is 22.0 Å². The van der Waals surface area contributed by atoms with Crippen molar-refractivity contribution in [2.45, 2.75) is 24.7 Å². The van der Waals surface area contributed by atoms with Gasteiger partial charge in [-0.3, -0.25) is 4.79 Å². The maximum absolute atomic E-state index is 13.5. The van der Waals surface area contributed by atoms with Crippen LogP contribution in [0.4, 0.5) is 14.5 Å². The number of carbonyl (C=O) groups excluding carboxylic acids is 1. The van der Waals surface area contributed by atoms with Crippen LogP contribution in [0.1, 0.15) is 19.8 Å². The van der Waals surface area contributed by atoms with E-state index < -0.39 is 34.2 Å². The highest BCUT2D eigenvalue weighted by atomic mass is 35.5. The summed E-state index contributed by atoms with van der Waals surface area (Å²) in [6, 6.07) is 6.46. The number of rotatable bonds is 9. The standard InChI is InChI=1S/C18H19ClF2N2O4S/c1-2-3-8-22-28(25,26)13-5-7-17(14(19)10-13)27-11-18(24)23-16-9-12(20)4-6-15(16)21/h4-7,9-10,22H,2-3,8,11H2,1H3,(H,23,24). The molecule has 0 bridgehead atoms. The molecule has 10 heteroatoms. The summed E-state index contributed by atoms with van der Waals surface area (Å²) in [5.41, 5.74) is -0.320. The number of amides is 1. The van der Waals surface area contributed by atoms with Crippen LogP contribution in [0.5, 0.6) is 5.75 Å². The lowest BCUT2D eigenvalue weighted by atomic mass is 10.3. The van der Waals surface area contributed by atoms with Crippen LogP contribution in [0.25, 0.3) is 0 Å². The van der Waals surface area contributed by atoms with Gasteiger partial charge in [-0.2, -0.15) is 0 Å². The summed E-state index contributed by atoms with van der Waals surface area (Å²) in [4.78, 5) is 11.8. The topological polar surface area (TPSA) is 84.5 Å². The summed E-state index contributed by atoms with van der Waals surface area (Å²) < 4.78 is 58.6. The first kappa shape index (κ1) is 22.1. The third kappa shape index (κ3) is 6.15. The number of benzene rings is 2. The molecule has 2 rings (SSSR count). The normalized spacial score (nSPS) is 11.3. The number of anilines is 1. The molecule has 0 unspecified atom stereocenters. The molecule has 0 atom stereocenters. The van der Waals surface area contributed by atoms with Crippen molar-refractivity contribution in [3.8, 4) is 5.75 Å². The molecule has 6 nitrogen and oxygen atoms in total. The zero-order chi connectivity index (χ0) is 20.7. The predicted molar refractivity (Wildman–Crippen MR) is 102 cm³/mol. The lowest BCUT2D eigenvalue weighted by molar-refractivity contribution is -0.118. The molecule has 0 heterocycles. The second kappa shape index (κ2) is 9.81. The van der Waals surface area contributed by atoms with E-state index in [0.717, 1.165) is 24.6 Å². The molecule has 0 aliphatic heterocycles. The van der Waals surface area contributed by atoms with Crippen LogP contribution in [0, 0.1) is 11.6 Å². The van der Waals surface area contributed by atoms with E-state index in [1.807, 2.05) is 6.92 Å². The van der Waals surface area contributed by atoms with Crippen molar-refractivity contribution in [3.05, 3.63) is 53.1 Å². The number of nitrogens with one attached hydrogen (secondary N) is 2. The van der Waals surface area contributed by atoms with Crippen molar-refractivity contribution < 1.29 is 26.7 Å². The molecule has 2 N–H and O–H groups in total. The molecule has 0 fully saturated rings. The van der Waals surface area contributed by atoms with E-state index in [1.54, 1.807) is 0 Å². The van der Waals surface area contributed by atoms with Crippen molar-refractivity contribution in [2.75, 3.05) is 18.5 Å². The van der Waals surface area contributed by atoms with Gasteiger partial charge in [0, 0.05) is 12.6 Å². The van der Waals surface area contributed by atoms with Crippen molar-refractivity contribution in [3.63, 3.8) is 0 Å². The zero-order valence-electron chi connectivity index (χ0n) is 15.0. The molecule has 0 aliphatic carbocycles. The molecule has 152 valence electrons. The minimum Gasteiger partial charge on any atom is -0.482 e. The first-order valence-electron chi connectivity index (χ1n) is 8.40. The molecular formula is C18H19ClF2N2O4S. The van der Waals surface area contributed by atoms with Crippen LogP contribution in [-0.4, -0.2) is 27.5 Å². The van der Waals surface area contributed by atoms with Crippen molar-refractivity contribution in [1.29, 1.82) is 0 Å². The number of sulfonamides is 1. The number of carbonyl (C=O) groups is 1. The van der Waals surface area contributed by atoms with Crippen LogP contribution in [0.2, 0.25) is 5.02 Å². The fourth-order valence-corrected chi connectivity index (χ4v) is 3.56. The van der Waals surface area contributed by atoms with Gasteiger partial charge in [0.25, 0.3) is 5.91 Å². The van der Waals surface area contributed by atoms with Gasteiger partial charge < -0.3 is 10.1 Å². The van der Waals surface area contributed by atoms with E-state index in [4.69, 9.17) is 16.3 Å². The summed E-state index contributed by atoms with van der Waals surface area (Å²) in [5, 5.41) is 2.17. The summed E-state index contributed by atoms with van der Waals surface area (Å²) in [6.45, 7) is 1.72. The van der Waals surface area contributed by atoms with E-state index in [2.05, 4.69) is 10.0 Å². The van der Waals surface area contributed by atoms with Gasteiger partial charge in [-0.15, -0.1) is 0 Å². The summed E-state index contributed by atoms with van der Waals surface area (Å²) >= 11 is 6.03. The van der Waals surface area contributed by atoms with Gasteiger partial charge in [0.15, 0.2) is 6.61 Å². The Morgan fingerprint density at radius 2 is 1.93 bits per heavy atom. The molecule has 2 aromatic carbocycles. The smallest absolute Gasteiger partial charge is 0.262 e. The third-order valence-corrected chi connectivity index (χ3v) is 5.35. The van der Waals surface area contributed by atoms with Crippen molar-refractivity contribution in [2.24, 2.45) is 0 Å². The average Bonchev–Trinajstić information content (AvgIpc) is 2.63. The maximum atomic E-state index is 13.5. The van der Waals surface area contributed by atoms with Gasteiger partial charge in [0.1, 0.15) is 17.4 Å². The Hall–Kier alpha value is -2.23. The molecule has 0 radical (unpaired) electrons. The van der Waals surface area contributed by atoms with Crippen molar-refractivity contribution >= 4 is 33.2 Å². The largest absolute Gasteiger partial charge is 0.482 e. The molecule has 0 aliphatic rings. The first-order chi connectivity index (χ1) is 13.2. The van der Waals surface area contributed by atoms with E-state index in [0.29, 0.717) is 13.0 Å². The fraction of sp³-hybridized carbons (Fsp3) is 0.278. The molecule has 1 amide bonds. The second-order valence-corrected chi connectivity index (χ2v) is 7.98. The van der Waals surface area contributed by atoms with Gasteiger partial charge in [0.05, 0.1) is 15.6 Å². The molecule has 2 aromatic rings. The molecule has 0 aromatic heterocycles. The number of ether oxygens (including phenoxy) is 1. The van der Waals surface area contributed by atoms with E-state index >= 15 is 0 Å². The SMILES string of the molecule is CCCCNS(=O)(=O)c1ccc(OCC(=O)Nc2cc(F)ccc2F)c(Cl)c1. The Kier molecular flexibility index (Phi) is 7.73. The highest BCUT2D eigenvalue weighted by Crippen LogP contribution is 2.27. The number of halogens is 3. The molecule has 28 heavy (non-hydrogen) atoms. The predicted octanol–water partition coefficient (Wildman–Crippen LogP) is 3.71. The van der Waals surface area contributed by atoms with Gasteiger partial charge >= 0.3 is 0 Å². The van der Waals surface area contributed by atoms with Crippen LogP contribution >= 0.6 is 11.6 Å². The summed E-state index contributed by atoms with van der Waals surface area (Å²) in [5.74, 6) is -2.16. The zero-order valence-corrected chi connectivity index (χ0v) is 16.5. The molecule has 0 saturated heterocycles. The van der Waals surface area contributed by atoms with Crippen LogP contribution in [0.3, 0.4) is 0 Å². The Bertz CT molecular complexity index is 955. The Morgan fingerprint density at radius 3 is 2.61 bits per heavy atom. The second-order valence-electron chi connectivity index (χ2n) is 5.80.